The molecule has 0 saturated carbocycles. The van der Waals surface area contributed by atoms with Crippen LogP contribution in [0.5, 0.6) is 0 Å². The summed E-state index contributed by atoms with van der Waals surface area (Å²) >= 11 is 0. The predicted molar refractivity (Wildman–Crippen MR) is 49.5 cm³/mol. The van der Waals surface area contributed by atoms with Gasteiger partial charge in [0.2, 0.25) is 0 Å². The van der Waals surface area contributed by atoms with Gasteiger partial charge in [-0.15, -0.1) is 0 Å². The number of aromatic nitrogens is 1. The van der Waals surface area contributed by atoms with Crippen LogP contribution in [0.15, 0.2) is 18.5 Å². The molecule has 80 valence electrons. The topological polar surface area (TPSA) is 56.3 Å². The zero-order valence-corrected chi connectivity index (χ0v) is 9.02. The van der Waals surface area contributed by atoms with E-state index in [4.69, 9.17) is 0 Å². The van der Waals surface area contributed by atoms with Crippen LogP contribution in [0.2, 0.25) is 0 Å². The number of carbonyl (C=O) groups excluding carboxylic acids is 1. The van der Waals surface area contributed by atoms with Crippen molar-refractivity contribution in [2.45, 2.75) is 6.42 Å². The van der Waals surface area contributed by atoms with Crippen LogP contribution >= 0.6 is 0 Å². The molecule has 1 fully saturated rings. The summed E-state index contributed by atoms with van der Waals surface area (Å²) in [5, 5.41) is 10.3. The van der Waals surface area contributed by atoms with Gasteiger partial charge in [-0.1, -0.05) is 0 Å². The second-order valence-electron chi connectivity index (χ2n) is 3.67. The van der Waals surface area contributed by atoms with E-state index in [1.807, 2.05) is 0 Å². The maximum Gasteiger partial charge on any atom is 1.00 e. The fourth-order valence-corrected chi connectivity index (χ4v) is 1.76. The third-order valence-electron chi connectivity index (χ3n) is 2.50. The maximum absolute atomic E-state index is 13.2. The molecule has 2 rings (SSSR count). The number of rotatable bonds is 3. The number of nitrogens with zero attached hydrogens (tertiary/aromatic N) is 2. The van der Waals surface area contributed by atoms with Crippen molar-refractivity contribution in [2.75, 3.05) is 18.0 Å². The first kappa shape index (κ1) is 13.0. The van der Waals surface area contributed by atoms with Crippen molar-refractivity contribution in [1.29, 1.82) is 0 Å². The quantitative estimate of drug-likeness (QED) is 0.499. The monoisotopic (exact) mass is 216 g/mol. The molecule has 1 aliphatic rings. The van der Waals surface area contributed by atoms with Crippen molar-refractivity contribution in [3.63, 3.8) is 0 Å². The molecule has 0 amide bonds. The molecule has 0 N–H and O–H groups in total. The second-order valence-corrected chi connectivity index (χ2v) is 3.67. The van der Waals surface area contributed by atoms with Gasteiger partial charge in [-0.25, -0.2) is 4.39 Å². The van der Waals surface area contributed by atoms with E-state index < -0.39 is 5.97 Å². The van der Waals surface area contributed by atoms with Gasteiger partial charge in [-0.2, -0.15) is 0 Å². The van der Waals surface area contributed by atoms with E-state index in [0.29, 0.717) is 18.8 Å². The zero-order valence-electron chi connectivity index (χ0n) is 9.02. The molecular formula is C10H10FLiN2O2. The fourth-order valence-electron chi connectivity index (χ4n) is 1.76. The van der Waals surface area contributed by atoms with Gasteiger partial charge in [-0.3, -0.25) is 4.98 Å². The van der Waals surface area contributed by atoms with E-state index in [9.17, 15) is 14.3 Å². The molecule has 16 heavy (non-hydrogen) atoms. The summed E-state index contributed by atoms with van der Waals surface area (Å²) in [6, 6.07) is 1.59. The summed E-state index contributed by atoms with van der Waals surface area (Å²) in [7, 11) is 0. The number of hydrogen-bond acceptors (Lipinski definition) is 4. The van der Waals surface area contributed by atoms with E-state index >= 15 is 0 Å². The third-order valence-corrected chi connectivity index (χ3v) is 2.50. The van der Waals surface area contributed by atoms with Gasteiger partial charge in [0.25, 0.3) is 0 Å². The van der Waals surface area contributed by atoms with Gasteiger partial charge in [0, 0.05) is 25.3 Å². The van der Waals surface area contributed by atoms with E-state index in [2.05, 4.69) is 4.98 Å². The van der Waals surface area contributed by atoms with Crippen LogP contribution < -0.4 is 28.9 Å². The molecule has 1 aliphatic heterocycles. The normalized spacial score (nSPS) is 15.2. The summed E-state index contributed by atoms with van der Waals surface area (Å²) in [5.74, 6) is -1.35. The molecule has 0 atom stereocenters. The first-order valence-electron chi connectivity index (χ1n) is 4.71. The summed E-state index contributed by atoms with van der Waals surface area (Å²) < 4.78 is 13.2. The minimum Gasteiger partial charge on any atom is -0.550 e. The Kier molecular flexibility index (Phi) is 4.33. The minimum absolute atomic E-state index is 0. The molecule has 0 bridgehead atoms. The standard InChI is InChI=1S/C10H11FN2O2.Li/c11-8-4-12-2-1-9(8)13-5-7(6-13)3-10(14)15;/h1-2,4,7H,3,5-6H2,(H,14,15);/q;+1/p-1. The van der Waals surface area contributed by atoms with Gasteiger partial charge in [-0.05, 0) is 18.4 Å². The number of aliphatic carboxylic acids is 1. The Hall–Kier alpha value is -1.05. The van der Waals surface area contributed by atoms with Crippen LogP contribution in [0, 0.1) is 11.7 Å². The van der Waals surface area contributed by atoms with Crippen LogP contribution in [-0.2, 0) is 4.79 Å². The molecule has 6 heteroatoms. The van der Waals surface area contributed by atoms with Crippen molar-refractivity contribution in [2.24, 2.45) is 5.92 Å². The maximum atomic E-state index is 13.2. The average Bonchev–Trinajstić information content (AvgIpc) is 2.12. The van der Waals surface area contributed by atoms with Crippen molar-refractivity contribution in [3.8, 4) is 0 Å². The van der Waals surface area contributed by atoms with Gasteiger partial charge >= 0.3 is 18.9 Å². The number of halogens is 1. The Morgan fingerprint density at radius 1 is 1.62 bits per heavy atom. The Labute approximate surface area is 105 Å². The number of carboxylic acids is 1. The summed E-state index contributed by atoms with van der Waals surface area (Å²) in [6.07, 6.45) is 2.72. The zero-order chi connectivity index (χ0) is 10.8. The summed E-state index contributed by atoms with van der Waals surface area (Å²) in [4.78, 5) is 15.7. The molecule has 0 aromatic carbocycles. The van der Waals surface area contributed by atoms with E-state index in [1.54, 1.807) is 11.0 Å². The Morgan fingerprint density at radius 3 is 2.88 bits per heavy atom. The molecule has 1 aromatic rings. The molecule has 1 aromatic heterocycles. The predicted octanol–water partition coefficient (Wildman–Crippen LogP) is -3.20. The number of anilines is 1. The van der Waals surface area contributed by atoms with Crippen molar-refractivity contribution in [1.82, 2.24) is 4.98 Å². The molecule has 0 spiro atoms. The molecule has 0 unspecified atom stereocenters. The van der Waals surface area contributed by atoms with Crippen LogP contribution in [0.1, 0.15) is 6.42 Å². The fraction of sp³-hybridized carbons (Fsp3) is 0.400. The van der Waals surface area contributed by atoms with Crippen LogP contribution in [0.4, 0.5) is 10.1 Å². The number of carbonyl (C=O) groups is 1. The second kappa shape index (κ2) is 5.33. The van der Waals surface area contributed by atoms with E-state index in [-0.39, 0.29) is 37.0 Å². The molecule has 1 saturated heterocycles. The van der Waals surface area contributed by atoms with Gasteiger partial charge < -0.3 is 14.8 Å². The largest absolute Gasteiger partial charge is 1.00 e. The summed E-state index contributed by atoms with van der Waals surface area (Å²) in [5.41, 5.74) is 0.486. The third kappa shape index (κ3) is 2.74. The molecule has 0 radical (unpaired) electrons. The SMILES string of the molecule is O=C([O-])CC1CN(c2ccncc2F)C1.[Li+]. The van der Waals surface area contributed by atoms with Gasteiger partial charge in [0.1, 0.15) is 0 Å². The van der Waals surface area contributed by atoms with Crippen molar-refractivity contribution < 1.29 is 33.2 Å². The van der Waals surface area contributed by atoms with Crippen LogP contribution in [0.25, 0.3) is 0 Å². The number of hydrogen-bond donors (Lipinski definition) is 0. The van der Waals surface area contributed by atoms with Gasteiger partial charge in [0.15, 0.2) is 5.82 Å². The molecule has 2 heterocycles. The average molecular weight is 216 g/mol. The number of pyridine rings is 1. The first-order valence-corrected chi connectivity index (χ1v) is 4.71. The van der Waals surface area contributed by atoms with Crippen molar-refractivity contribution >= 4 is 11.7 Å². The smallest absolute Gasteiger partial charge is 0.550 e. The Balaban J connectivity index is 0.00000128. The molecule has 4 nitrogen and oxygen atoms in total. The molecule has 0 aliphatic carbocycles. The van der Waals surface area contributed by atoms with E-state index in [0.717, 1.165) is 6.20 Å². The van der Waals surface area contributed by atoms with Crippen LogP contribution in [0.3, 0.4) is 0 Å². The summed E-state index contributed by atoms with van der Waals surface area (Å²) in [6.45, 7) is 1.13. The van der Waals surface area contributed by atoms with Gasteiger partial charge in [0.05, 0.1) is 11.9 Å². The van der Waals surface area contributed by atoms with Crippen molar-refractivity contribution in [3.05, 3.63) is 24.3 Å². The van der Waals surface area contributed by atoms with Crippen LogP contribution in [-0.4, -0.2) is 24.0 Å². The van der Waals surface area contributed by atoms with E-state index in [1.165, 1.54) is 6.20 Å². The first-order chi connectivity index (χ1) is 7.16. The number of carboxylic acid groups (broad SMARTS) is 1. The minimum atomic E-state index is -1.05. The Morgan fingerprint density at radius 2 is 2.31 bits per heavy atom. The Bertz CT molecular complexity index is 383. The molecular weight excluding hydrogens is 206 g/mol.